The molecule has 20 nitrogen and oxygen atoms in total. The number of Topliss-reactive ketones (excluding diaryl/α,β-unsaturated/α-hetero) is 2. The molecule has 3 aliphatic carbocycles. The van der Waals surface area contributed by atoms with Crippen LogP contribution in [0.15, 0.2) is 28.7 Å². The quantitative estimate of drug-likeness (QED) is 0.0714. The molecule has 0 fully saturated rings. The highest BCUT2D eigenvalue weighted by Gasteiger charge is 2.63. The Balaban J connectivity index is 0.000000700. The first kappa shape index (κ1) is 40.0. The lowest BCUT2D eigenvalue weighted by Gasteiger charge is -2.50. The molecule has 0 saturated heterocycles. The van der Waals surface area contributed by atoms with Crippen LogP contribution in [-0.4, -0.2) is 123 Å². The average molecular weight is 725 g/mol. The van der Waals surface area contributed by atoms with Gasteiger partial charge < -0.3 is 36.4 Å². The smallest absolute Gasteiger partial charge is 0.394 e. The molecule has 1 aromatic carbocycles. The summed E-state index contributed by atoms with van der Waals surface area (Å²) in [5, 5.41) is 47.3. The zero-order chi connectivity index (χ0) is 37.3. The number of anilines is 2. The molecule has 0 aliphatic heterocycles. The molecule has 0 aromatic heterocycles. The van der Waals surface area contributed by atoms with E-state index in [4.69, 9.17) is 40.8 Å². The number of phenolic OH excluding ortho intramolecular Hbond substituents is 1. The Labute approximate surface area is 274 Å². The van der Waals surface area contributed by atoms with E-state index < -0.39 is 84.6 Å². The first-order chi connectivity index (χ1) is 21.9. The van der Waals surface area contributed by atoms with Crippen LogP contribution in [0.2, 0.25) is 0 Å². The number of aliphatic hydroxyl groups excluding tert-OH is 2. The van der Waals surface area contributed by atoms with Crippen molar-refractivity contribution >= 4 is 56.1 Å². The van der Waals surface area contributed by atoms with Gasteiger partial charge in [-0.05, 0) is 58.3 Å². The maximum absolute atomic E-state index is 13.9. The van der Waals surface area contributed by atoms with Gasteiger partial charge in [0, 0.05) is 30.3 Å². The number of hydrogen-bond donors (Lipinski definition) is 10. The van der Waals surface area contributed by atoms with E-state index in [0.29, 0.717) is 30.8 Å². The van der Waals surface area contributed by atoms with E-state index in [-0.39, 0.29) is 29.7 Å². The highest BCUT2D eigenvalue weighted by atomic mass is 32.3. The lowest BCUT2D eigenvalue weighted by atomic mass is 9.58. The van der Waals surface area contributed by atoms with E-state index in [1.165, 1.54) is 4.90 Å². The van der Waals surface area contributed by atoms with E-state index >= 15 is 0 Å². The van der Waals surface area contributed by atoms with Crippen molar-refractivity contribution in [1.82, 2.24) is 4.90 Å². The number of amides is 2. The number of allylic oxidation sites excluding steroid dienone is 1. The molecule has 2 amide bonds. The van der Waals surface area contributed by atoms with Crippen molar-refractivity contribution in [2.45, 2.75) is 38.3 Å². The summed E-state index contributed by atoms with van der Waals surface area (Å²) >= 11 is 0. The number of carbonyl (C=O) groups excluding carboxylic acids is 4. The van der Waals surface area contributed by atoms with E-state index in [9.17, 15) is 39.6 Å². The zero-order valence-corrected chi connectivity index (χ0v) is 27.5. The van der Waals surface area contributed by atoms with Gasteiger partial charge in [0.2, 0.25) is 12.2 Å². The molecule has 1 aromatic rings. The van der Waals surface area contributed by atoms with Gasteiger partial charge in [-0.1, -0.05) is 0 Å². The summed E-state index contributed by atoms with van der Waals surface area (Å²) in [6.07, 6.45) is 0.522. The van der Waals surface area contributed by atoms with Crippen LogP contribution in [0.3, 0.4) is 0 Å². The SMILES string of the molecule is CCN(CC)c1cc(NC=O)c(O)c2c1CC1CC3[C@H](N(C)C)C(O)=C(C(N)=O)C(=O)[C@@]3(O)C(O)=C1C2=O.O=S(=O)(O)O.O=S(=O)(O)O. The number of primary amides is 1. The number of nitrogens with zero attached hydrogens (tertiary/aromatic N) is 2. The summed E-state index contributed by atoms with van der Waals surface area (Å²) in [7, 11) is -6.18. The monoisotopic (exact) mass is 724 g/mol. The van der Waals surface area contributed by atoms with E-state index in [0.717, 1.165) is 0 Å². The zero-order valence-electron chi connectivity index (χ0n) is 25.8. The molecule has 11 N–H and O–H groups in total. The fourth-order valence-electron chi connectivity index (χ4n) is 6.32. The molecule has 48 heavy (non-hydrogen) atoms. The van der Waals surface area contributed by atoms with Gasteiger partial charge >= 0.3 is 20.8 Å². The van der Waals surface area contributed by atoms with Gasteiger partial charge in [-0.3, -0.25) is 42.3 Å². The van der Waals surface area contributed by atoms with Crippen molar-refractivity contribution in [3.63, 3.8) is 0 Å². The van der Waals surface area contributed by atoms with Crippen molar-refractivity contribution in [3.05, 3.63) is 39.9 Å². The van der Waals surface area contributed by atoms with Crippen molar-refractivity contribution < 1.29 is 74.7 Å². The third-order valence-corrected chi connectivity index (χ3v) is 8.02. The number of ketones is 2. The molecule has 0 bridgehead atoms. The second kappa shape index (κ2) is 14.5. The second-order valence-electron chi connectivity index (χ2n) is 10.9. The first-order valence-electron chi connectivity index (χ1n) is 13.7. The lowest BCUT2D eigenvalue weighted by Crippen LogP contribution is -2.63. The average Bonchev–Trinajstić information content (AvgIpc) is 2.91. The summed E-state index contributed by atoms with van der Waals surface area (Å²) < 4.78 is 63.2. The van der Waals surface area contributed by atoms with Gasteiger partial charge in [0.15, 0.2) is 17.1 Å². The van der Waals surface area contributed by atoms with Gasteiger partial charge in [-0.15, -0.1) is 0 Å². The normalized spacial score (nSPS) is 23.5. The van der Waals surface area contributed by atoms with Crippen LogP contribution in [0.5, 0.6) is 5.75 Å². The Morgan fingerprint density at radius 2 is 1.54 bits per heavy atom. The maximum atomic E-state index is 13.9. The minimum Gasteiger partial charge on any atom is -0.510 e. The summed E-state index contributed by atoms with van der Waals surface area (Å²) in [6.45, 7) is 4.96. The third-order valence-electron chi connectivity index (χ3n) is 8.02. The predicted octanol–water partition coefficient (Wildman–Crippen LogP) is -0.770. The van der Waals surface area contributed by atoms with Crippen LogP contribution in [0.4, 0.5) is 11.4 Å². The van der Waals surface area contributed by atoms with E-state index in [1.807, 2.05) is 18.7 Å². The molecule has 4 rings (SSSR count). The predicted molar refractivity (Wildman–Crippen MR) is 165 cm³/mol. The number of fused-ring (bicyclic) bond motifs is 3. The molecule has 4 atom stereocenters. The summed E-state index contributed by atoms with van der Waals surface area (Å²) in [4.78, 5) is 54.0. The molecule has 22 heteroatoms. The second-order valence-corrected chi connectivity index (χ2v) is 12.7. The number of hydrogen-bond acceptors (Lipinski definition) is 14. The molecule has 0 spiro atoms. The minimum atomic E-state index is -4.67. The topological polar surface area (TPSA) is 343 Å². The van der Waals surface area contributed by atoms with Crippen LogP contribution < -0.4 is 16.0 Å². The van der Waals surface area contributed by atoms with Crippen molar-refractivity contribution in [1.29, 1.82) is 0 Å². The molecular formula is C26H36N4O16S2. The Morgan fingerprint density at radius 3 is 1.96 bits per heavy atom. The van der Waals surface area contributed by atoms with Gasteiger partial charge in [0.25, 0.3) is 5.91 Å². The number of rotatable bonds is 7. The summed E-state index contributed by atoms with van der Waals surface area (Å²) in [6, 6.07) is 0.520. The Kier molecular flexibility index (Phi) is 12.1. The van der Waals surface area contributed by atoms with Crippen molar-refractivity contribution in [2.24, 2.45) is 17.6 Å². The lowest BCUT2D eigenvalue weighted by molar-refractivity contribution is -0.148. The maximum Gasteiger partial charge on any atom is 0.394 e. The number of benzene rings is 1. The third kappa shape index (κ3) is 8.10. The molecule has 3 aliphatic rings. The molecular weight excluding hydrogens is 688 g/mol. The Bertz CT molecular complexity index is 1740. The van der Waals surface area contributed by atoms with Gasteiger partial charge in [0.05, 0.1) is 17.3 Å². The minimum absolute atomic E-state index is 0.00144. The molecule has 0 heterocycles. The summed E-state index contributed by atoms with van der Waals surface area (Å²) in [5.41, 5.74) is 2.48. The van der Waals surface area contributed by atoms with Crippen molar-refractivity contribution in [3.8, 4) is 5.75 Å². The number of nitrogens with one attached hydrogen (secondary N) is 1. The molecule has 2 unspecified atom stereocenters. The highest BCUT2D eigenvalue weighted by molar-refractivity contribution is 7.80. The van der Waals surface area contributed by atoms with Crippen LogP contribution in [0.1, 0.15) is 36.2 Å². The fourth-order valence-corrected chi connectivity index (χ4v) is 6.32. The van der Waals surface area contributed by atoms with Crippen LogP contribution in [-0.2, 0) is 41.6 Å². The molecule has 268 valence electrons. The number of carbonyl (C=O) groups is 4. The van der Waals surface area contributed by atoms with Gasteiger partial charge in [0.1, 0.15) is 17.1 Å². The Morgan fingerprint density at radius 1 is 1.04 bits per heavy atom. The number of aromatic hydroxyl groups is 1. The first-order valence-corrected chi connectivity index (χ1v) is 16.5. The van der Waals surface area contributed by atoms with Crippen LogP contribution in [0.25, 0.3) is 0 Å². The summed E-state index contributed by atoms with van der Waals surface area (Å²) in [5.74, 6) is -7.22. The Hall–Kier alpha value is -4.16. The number of nitrogens with two attached hydrogens (primary N) is 1. The van der Waals surface area contributed by atoms with Gasteiger partial charge in [-0.25, -0.2) is 0 Å². The number of aliphatic hydroxyl groups is 3. The van der Waals surface area contributed by atoms with Gasteiger partial charge in [-0.2, -0.15) is 16.8 Å². The number of phenols is 1. The van der Waals surface area contributed by atoms with E-state index in [2.05, 4.69) is 5.32 Å². The van der Waals surface area contributed by atoms with Crippen molar-refractivity contribution in [2.75, 3.05) is 37.4 Å². The largest absolute Gasteiger partial charge is 0.510 e. The standard InChI is InChI=1S/C26H32N4O8.2H2O4S/c1-5-30(6-2)15-9-14(28-10-31)20(32)17-12(15)7-11-8-13-19(29(3)4)22(34)18(25(27)37)24(36)26(13,38)23(35)16(11)21(17)33;2*1-5(2,3)4/h9-11,13,19,32,34-35,38H,5-8H2,1-4H3,(H2,27,37)(H,28,31);2*(H2,1,2,3,4)/t11?,13?,19-,26-;;/m0../s1. The van der Waals surface area contributed by atoms with E-state index in [1.54, 1.807) is 20.2 Å². The number of likely N-dealkylation sites (N-methyl/N-ethyl adjacent to an activating group) is 1. The van der Waals surface area contributed by atoms with Crippen LogP contribution >= 0.6 is 0 Å². The fraction of sp³-hybridized carbons (Fsp3) is 0.462. The molecule has 0 radical (unpaired) electrons. The molecule has 0 saturated carbocycles. The highest BCUT2D eigenvalue weighted by Crippen LogP contribution is 2.54. The van der Waals surface area contributed by atoms with Crippen LogP contribution in [0, 0.1) is 11.8 Å².